The van der Waals surface area contributed by atoms with Crippen LogP contribution in [0.2, 0.25) is 5.02 Å². The topological polar surface area (TPSA) is 36.4 Å². The maximum absolute atomic E-state index is 12.5. The van der Waals surface area contributed by atoms with Gasteiger partial charge in [-0.15, -0.1) is 0 Å². The number of pyridine rings is 1. The number of aryl methyl sites for hydroxylation is 1. The number of aromatic nitrogens is 1. The normalized spacial score (nSPS) is 10.4. The van der Waals surface area contributed by atoms with Crippen molar-refractivity contribution in [2.45, 2.75) is 13.8 Å². The van der Waals surface area contributed by atoms with E-state index in [1.54, 1.807) is 18.1 Å². The van der Waals surface area contributed by atoms with Crippen LogP contribution in [-0.2, 0) is 0 Å². The molecule has 22 heavy (non-hydrogen) atoms. The van der Waals surface area contributed by atoms with Crippen LogP contribution >= 0.6 is 11.6 Å². The summed E-state index contributed by atoms with van der Waals surface area (Å²) in [6.07, 6.45) is 1.73. The zero-order valence-electron chi connectivity index (χ0n) is 13.3. The average molecular weight is 318 g/mol. The van der Waals surface area contributed by atoms with Crippen molar-refractivity contribution in [2.75, 3.05) is 25.5 Å². The van der Waals surface area contributed by atoms with E-state index < -0.39 is 0 Å². The van der Waals surface area contributed by atoms with E-state index in [2.05, 4.69) is 4.98 Å². The monoisotopic (exact) mass is 317 g/mol. The van der Waals surface area contributed by atoms with E-state index in [-0.39, 0.29) is 5.91 Å². The second kappa shape index (κ2) is 6.79. The number of halogens is 1. The molecule has 1 amide bonds. The molecular weight excluding hydrogens is 298 g/mol. The fourth-order valence-corrected chi connectivity index (χ4v) is 2.49. The molecular formula is C17H20ClN3O. The van der Waals surface area contributed by atoms with Gasteiger partial charge in [0.1, 0.15) is 5.82 Å². The molecule has 4 nitrogen and oxygen atoms in total. The summed E-state index contributed by atoms with van der Waals surface area (Å²) in [6, 6.07) is 9.46. The molecule has 116 valence electrons. The molecule has 1 heterocycles. The van der Waals surface area contributed by atoms with Gasteiger partial charge in [0.05, 0.1) is 16.3 Å². The van der Waals surface area contributed by atoms with Crippen LogP contribution in [0.1, 0.15) is 22.8 Å². The molecule has 0 spiro atoms. The summed E-state index contributed by atoms with van der Waals surface area (Å²) < 4.78 is 0. The van der Waals surface area contributed by atoms with Crippen LogP contribution in [0.4, 0.5) is 11.5 Å². The Kier molecular flexibility index (Phi) is 5.03. The number of rotatable bonds is 4. The summed E-state index contributed by atoms with van der Waals surface area (Å²) in [7, 11) is 3.66. The summed E-state index contributed by atoms with van der Waals surface area (Å²) in [5.74, 6) is 0.698. The number of anilines is 2. The molecule has 1 aromatic carbocycles. The number of amides is 1. The van der Waals surface area contributed by atoms with Gasteiger partial charge >= 0.3 is 0 Å². The number of benzene rings is 1. The van der Waals surface area contributed by atoms with Gasteiger partial charge in [-0.05, 0) is 43.7 Å². The van der Waals surface area contributed by atoms with Gasteiger partial charge in [-0.3, -0.25) is 4.79 Å². The van der Waals surface area contributed by atoms with Gasteiger partial charge in [0, 0.05) is 26.8 Å². The highest BCUT2D eigenvalue weighted by atomic mass is 35.5. The van der Waals surface area contributed by atoms with Gasteiger partial charge in [-0.25, -0.2) is 4.98 Å². The lowest BCUT2D eigenvalue weighted by Gasteiger charge is -2.23. The van der Waals surface area contributed by atoms with Crippen molar-refractivity contribution in [3.63, 3.8) is 0 Å². The number of carbonyl (C=O) groups excluding carboxylic acids is 1. The highest BCUT2D eigenvalue weighted by molar-refractivity contribution is 6.36. The first-order valence-electron chi connectivity index (χ1n) is 7.16. The third-order valence-electron chi connectivity index (χ3n) is 3.60. The summed E-state index contributed by atoms with van der Waals surface area (Å²) in [4.78, 5) is 20.3. The molecule has 0 saturated carbocycles. The first kappa shape index (κ1) is 16.3. The van der Waals surface area contributed by atoms with E-state index in [9.17, 15) is 4.79 Å². The Balaban J connectivity index is 2.49. The van der Waals surface area contributed by atoms with Gasteiger partial charge in [-0.2, -0.15) is 0 Å². The first-order valence-corrected chi connectivity index (χ1v) is 7.53. The zero-order chi connectivity index (χ0) is 16.3. The van der Waals surface area contributed by atoms with Crippen LogP contribution in [0.15, 0.2) is 36.5 Å². The van der Waals surface area contributed by atoms with Crippen LogP contribution < -0.4 is 4.90 Å². The third-order valence-corrected chi connectivity index (χ3v) is 4.00. The fourth-order valence-electron chi connectivity index (χ4n) is 2.17. The Morgan fingerprint density at radius 3 is 2.59 bits per heavy atom. The predicted molar refractivity (Wildman–Crippen MR) is 91.1 cm³/mol. The van der Waals surface area contributed by atoms with Gasteiger partial charge in [-0.1, -0.05) is 17.7 Å². The molecule has 0 N–H and O–H groups in total. The second-order valence-electron chi connectivity index (χ2n) is 5.21. The predicted octanol–water partition coefficient (Wildman–Crippen LogP) is 3.90. The summed E-state index contributed by atoms with van der Waals surface area (Å²) in [6.45, 7) is 4.52. The summed E-state index contributed by atoms with van der Waals surface area (Å²) in [5.41, 5.74) is 2.27. The molecule has 0 aliphatic rings. The van der Waals surface area contributed by atoms with Crippen LogP contribution in [-0.4, -0.2) is 36.4 Å². The number of carbonyl (C=O) groups is 1. The molecule has 0 radical (unpaired) electrons. The van der Waals surface area contributed by atoms with Crippen molar-refractivity contribution in [1.82, 2.24) is 9.88 Å². The molecule has 0 fully saturated rings. The van der Waals surface area contributed by atoms with Crippen molar-refractivity contribution < 1.29 is 4.79 Å². The van der Waals surface area contributed by atoms with Crippen molar-refractivity contribution >= 4 is 29.0 Å². The van der Waals surface area contributed by atoms with E-state index in [1.807, 2.05) is 56.1 Å². The lowest BCUT2D eigenvalue weighted by atomic mass is 10.1. The Bertz CT molecular complexity index is 673. The van der Waals surface area contributed by atoms with E-state index in [0.717, 1.165) is 17.1 Å². The molecule has 1 aromatic heterocycles. The highest BCUT2D eigenvalue weighted by Crippen LogP contribution is 2.34. The molecule has 2 aromatic rings. The lowest BCUT2D eigenvalue weighted by Crippen LogP contribution is -2.27. The quantitative estimate of drug-likeness (QED) is 0.858. The molecule has 2 rings (SSSR count). The Morgan fingerprint density at radius 1 is 1.27 bits per heavy atom. The largest absolute Gasteiger partial charge is 0.342 e. The van der Waals surface area contributed by atoms with Crippen LogP contribution in [0, 0.1) is 6.92 Å². The SMILES string of the molecule is CCN(C)C(=O)c1cc(C)cc(N(C)c2ccccn2)c1Cl. The van der Waals surface area contributed by atoms with Gasteiger partial charge < -0.3 is 9.80 Å². The van der Waals surface area contributed by atoms with E-state index in [1.165, 1.54) is 0 Å². The molecule has 0 unspecified atom stereocenters. The standard InChI is InChI=1S/C17H20ClN3O/c1-5-20(3)17(22)13-10-12(2)11-14(16(13)18)21(4)15-8-6-7-9-19-15/h6-11H,5H2,1-4H3. The lowest BCUT2D eigenvalue weighted by molar-refractivity contribution is 0.0802. The first-order chi connectivity index (χ1) is 10.5. The Hall–Kier alpha value is -2.07. The molecule has 0 bridgehead atoms. The van der Waals surface area contributed by atoms with E-state index >= 15 is 0 Å². The van der Waals surface area contributed by atoms with Gasteiger partial charge in [0.25, 0.3) is 5.91 Å². The van der Waals surface area contributed by atoms with E-state index in [0.29, 0.717) is 17.1 Å². The summed E-state index contributed by atoms with van der Waals surface area (Å²) in [5, 5.41) is 0.448. The van der Waals surface area contributed by atoms with Crippen molar-refractivity contribution in [2.24, 2.45) is 0 Å². The third kappa shape index (κ3) is 3.22. The van der Waals surface area contributed by atoms with Crippen LogP contribution in [0.25, 0.3) is 0 Å². The fraction of sp³-hybridized carbons (Fsp3) is 0.294. The van der Waals surface area contributed by atoms with Crippen LogP contribution in [0.3, 0.4) is 0 Å². The molecule has 0 aliphatic carbocycles. The molecule has 0 saturated heterocycles. The maximum Gasteiger partial charge on any atom is 0.255 e. The van der Waals surface area contributed by atoms with E-state index in [4.69, 9.17) is 11.6 Å². The number of hydrogen-bond donors (Lipinski definition) is 0. The molecule has 0 aliphatic heterocycles. The van der Waals surface area contributed by atoms with Crippen LogP contribution in [0.5, 0.6) is 0 Å². The number of nitrogens with zero attached hydrogens (tertiary/aromatic N) is 3. The minimum atomic E-state index is -0.0770. The minimum Gasteiger partial charge on any atom is -0.342 e. The zero-order valence-corrected chi connectivity index (χ0v) is 14.1. The highest BCUT2D eigenvalue weighted by Gasteiger charge is 2.20. The number of hydrogen-bond acceptors (Lipinski definition) is 3. The minimum absolute atomic E-state index is 0.0770. The average Bonchev–Trinajstić information content (AvgIpc) is 2.55. The van der Waals surface area contributed by atoms with Gasteiger partial charge in [0.2, 0.25) is 0 Å². The van der Waals surface area contributed by atoms with Crippen molar-refractivity contribution in [3.05, 3.63) is 52.7 Å². The molecule has 5 heteroatoms. The van der Waals surface area contributed by atoms with Gasteiger partial charge in [0.15, 0.2) is 0 Å². The Labute approximate surface area is 136 Å². The molecule has 0 atom stereocenters. The van der Waals surface area contributed by atoms with Crippen molar-refractivity contribution in [1.29, 1.82) is 0 Å². The Morgan fingerprint density at radius 2 is 2.00 bits per heavy atom. The summed E-state index contributed by atoms with van der Waals surface area (Å²) >= 11 is 6.50. The smallest absolute Gasteiger partial charge is 0.255 e. The van der Waals surface area contributed by atoms with Crippen molar-refractivity contribution in [3.8, 4) is 0 Å². The maximum atomic E-state index is 12.5. The second-order valence-corrected chi connectivity index (χ2v) is 5.59.